The average Bonchev–Trinajstić information content (AvgIpc) is 2.32. The van der Waals surface area contributed by atoms with Gasteiger partial charge in [0.2, 0.25) is 0 Å². The van der Waals surface area contributed by atoms with Crippen LogP contribution in [0, 0.1) is 0 Å². The normalized spacial score (nSPS) is 14.5. The van der Waals surface area contributed by atoms with Gasteiger partial charge in [-0.1, -0.05) is 11.6 Å². The van der Waals surface area contributed by atoms with Crippen molar-refractivity contribution in [2.75, 3.05) is 23.9 Å². The number of hydrogen-bond acceptors (Lipinski definition) is 3. The summed E-state index contributed by atoms with van der Waals surface area (Å²) in [5.74, 6) is 0. The largest absolute Gasteiger partial charge is 0.366 e. The molecule has 58 valence electrons. The Kier molecular flexibility index (Phi) is 1.39. The van der Waals surface area contributed by atoms with Crippen molar-refractivity contribution in [1.29, 1.82) is 0 Å². The predicted octanol–water partition coefficient (Wildman–Crippen LogP) is 1.55. The second-order valence-corrected chi connectivity index (χ2v) is 2.94. The Bertz CT molecular complexity index is 287. The van der Waals surface area contributed by atoms with E-state index in [1.807, 2.05) is 13.1 Å². The highest BCUT2D eigenvalue weighted by molar-refractivity contribution is 6.29. The van der Waals surface area contributed by atoms with Crippen molar-refractivity contribution in [3.63, 3.8) is 0 Å². The highest BCUT2D eigenvalue weighted by Crippen LogP contribution is 2.30. The highest BCUT2D eigenvalue weighted by Gasteiger charge is 2.14. The maximum atomic E-state index is 5.70. The SMILES string of the molecule is CN1CNc2cc(Cl)ncc21. The molecule has 4 heteroatoms. The standard InChI is InChI=1S/C7H8ClN3/c1-11-4-10-5-2-7(8)9-3-6(5)11/h2-3,10H,4H2,1H3. The summed E-state index contributed by atoms with van der Waals surface area (Å²) in [5.41, 5.74) is 2.17. The van der Waals surface area contributed by atoms with Crippen LogP contribution in [-0.4, -0.2) is 18.7 Å². The van der Waals surface area contributed by atoms with E-state index in [4.69, 9.17) is 11.6 Å². The summed E-state index contributed by atoms with van der Waals surface area (Å²) in [6, 6.07) is 1.83. The molecule has 1 aliphatic rings. The van der Waals surface area contributed by atoms with Crippen LogP contribution in [0.25, 0.3) is 0 Å². The molecule has 2 rings (SSSR count). The fourth-order valence-corrected chi connectivity index (χ4v) is 1.32. The number of halogens is 1. The lowest BCUT2D eigenvalue weighted by atomic mass is 10.3. The third kappa shape index (κ3) is 1.01. The molecule has 0 aromatic carbocycles. The number of nitrogens with one attached hydrogen (secondary N) is 1. The molecule has 0 atom stereocenters. The number of nitrogens with zero attached hydrogens (tertiary/aromatic N) is 2. The van der Waals surface area contributed by atoms with E-state index in [0.29, 0.717) is 5.15 Å². The van der Waals surface area contributed by atoms with E-state index in [0.717, 1.165) is 18.0 Å². The summed E-state index contributed by atoms with van der Waals surface area (Å²) in [6.45, 7) is 0.831. The summed E-state index contributed by atoms with van der Waals surface area (Å²) in [4.78, 5) is 6.07. The van der Waals surface area contributed by atoms with Gasteiger partial charge >= 0.3 is 0 Å². The number of aromatic nitrogens is 1. The van der Waals surface area contributed by atoms with Crippen LogP contribution >= 0.6 is 11.6 Å². The minimum atomic E-state index is 0.534. The van der Waals surface area contributed by atoms with E-state index in [1.54, 1.807) is 6.20 Å². The van der Waals surface area contributed by atoms with Crippen molar-refractivity contribution in [2.24, 2.45) is 0 Å². The molecule has 3 nitrogen and oxygen atoms in total. The first kappa shape index (κ1) is 6.73. The molecule has 0 spiro atoms. The topological polar surface area (TPSA) is 28.2 Å². The molecule has 0 radical (unpaired) electrons. The molecule has 0 unspecified atom stereocenters. The Morgan fingerprint density at radius 3 is 3.36 bits per heavy atom. The third-order valence-electron chi connectivity index (χ3n) is 1.77. The molecule has 0 fully saturated rings. The minimum Gasteiger partial charge on any atom is -0.366 e. The number of rotatable bonds is 0. The van der Waals surface area contributed by atoms with Gasteiger partial charge in [-0.3, -0.25) is 0 Å². The number of fused-ring (bicyclic) bond motifs is 1. The molecule has 1 aromatic rings. The van der Waals surface area contributed by atoms with E-state index in [1.165, 1.54) is 0 Å². The molecule has 0 bridgehead atoms. The first-order valence-electron chi connectivity index (χ1n) is 3.38. The summed E-state index contributed by atoms with van der Waals surface area (Å²) >= 11 is 5.70. The van der Waals surface area contributed by atoms with Gasteiger partial charge < -0.3 is 10.2 Å². The Balaban J connectivity index is 2.50. The minimum absolute atomic E-state index is 0.534. The van der Waals surface area contributed by atoms with Crippen LogP contribution in [0.4, 0.5) is 11.4 Å². The van der Waals surface area contributed by atoms with Crippen molar-refractivity contribution < 1.29 is 0 Å². The van der Waals surface area contributed by atoms with Crippen molar-refractivity contribution >= 4 is 23.0 Å². The maximum Gasteiger partial charge on any atom is 0.131 e. The second kappa shape index (κ2) is 2.27. The summed E-state index contributed by atoms with van der Waals surface area (Å²) in [7, 11) is 2.01. The van der Waals surface area contributed by atoms with E-state index in [-0.39, 0.29) is 0 Å². The first-order valence-corrected chi connectivity index (χ1v) is 3.76. The quantitative estimate of drug-likeness (QED) is 0.598. The van der Waals surface area contributed by atoms with Gasteiger partial charge in [-0.05, 0) is 0 Å². The zero-order valence-electron chi connectivity index (χ0n) is 6.13. The van der Waals surface area contributed by atoms with Crippen molar-refractivity contribution in [2.45, 2.75) is 0 Å². The molecule has 0 saturated carbocycles. The van der Waals surface area contributed by atoms with Crippen LogP contribution in [0.3, 0.4) is 0 Å². The van der Waals surface area contributed by atoms with Crippen LogP contribution in [-0.2, 0) is 0 Å². The van der Waals surface area contributed by atoms with Crippen LogP contribution in [0.2, 0.25) is 5.15 Å². The molecule has 2 heterocycles. The lowest BCUT2D eigenvalue weighted by Crippen LogP contribution is -2.15. The Hall–Kier alpha value is -0.960. The molecule has 0 saturated heterocycles. The predicted molar refractivity (Wildman–Crippen MR) is 46.1 cm³/mol. The van der Waals surface area contributed by atoms with Crippen molar-refractivity contribution in [3.05, 3.63) is 17.4 Å². The van der Waals surface area contributed by atoms with Gasteiger partial charge in [0.05, 0.1) is 24.2 Å². The summed E-state index contributed by atoms with van der Waals surface area (Å²) < 4.78 is 0. The van der Waals surface area contributed by atoms with Gasteiger partial charge in [0.1, 0.15) is 5.15 Å². The second-order valence-electron chi connectivity index (χ2n) is 2.56. The first-order chi connectivity index (χ1) is 5.27. The summed E-state index contributed by atoms with van der Waals surface area (Å²) in [6.07, 6.45) is 1.78. The average molecular weight is 170 g/mol. The van der Waals surface area contributed by atoms with Crippen molar-refractivity contribution in [3.8, 4) is 0 Å². The van der Waals surface area contributed by atoms with Gasteiger partial charge in [0.15, 0.2) is 0 Å². The lowest BCUT2D eigenvalue weighted by Gasteiger charge is -2.07. The van der Waals surface area contributed by atoms with Gasteiger partial charge in [-0.2, -0.15) is 0 Å². The number of pyridine rings is 1. The zero-order valence-corrected chi connectivity index (χ0v) is 6.89. The Morgan fingerprint density at radius 2 is 2.55 bits per heavy atom. The fourth-order valence-electron chi connectivity index (χ4n) is 1.16. The Labute approximate surface area is 70.0 Å². The molecule has 0 amide bonds. The van der Waals surface area contributed by atoms with E-state index in [9.17, 15) is 0 Å². The van der Waals surface area contributed by atoms with E-state index >= 15 is 0 Å². The van der Waals surface area contributed by atoms with Crippen LogP contribution in [0.5, 0.6) is 0 Å². The molecular formula is C7H8ClN3. The number of anilines is 2. The molecule has 1 aliphatic heterocycles. The van der Waals surface area contributed by atoms with Gasteiger partial charge in [0, 0.05) is 13.1 Å². The monoisotopic (exact) mass is 169 g/mol. The maximum absolute atomic E-state index is 5.70. The van der Waals surface area contributed by atoms with Gasteiger partial charge in [0.25, 0.3) is 0 Å². The lowest BCUT2D eigenvalue weighted by molar-refractivity contribution is 1.03. The molecule has 0 aliphatic carbocycles. The van der Waals surface area contributed by atoms with Crippen LogP contribution in [0.15, 0.2) is 12.3 Å². The van der Waals surface area contributed by atoms with Crippen molar-refractivity contribution in [1.82, 2.24) is 4.98 Å². The molecule has 11 heavy (non-hydrogen) atoms. The molecule has 1 N–H and O–H groups in total. The fraction of sp³-hybridized carbons (Fsp3) is 0.286. The zero-order chi connectivity index (χ0) is 7.84. The van der Waals surface area contributed by atoms with E-state index in [2.05, 4.69) is 15.2 Å². The molecular weight excluding hydrogens is 162 g/mol. The third-order valence-corrected chi connectivity index (χ3v) is 1.97. The number of hydrogen-bond donors (Lipinski definition) is 1. The van der Waals surface area contributed by atoms with Gasteiger partial charge in [-0.15, -0.1) is 0 Å². The molecule has 1 aromatic heterocycles. The Morgan fingerprint density at radius 1 is 1.73 bits per heavy atom. The van der Waals surface area contributed by atoms with Gasteiger partial charge in [-0.25, -0.2) is 4.98 Å². The smallest absolute Gasteiger partial charge is 0.131 e. The van der Waals surface area contributed by atoms with Crippen LogP contribution < -0.4 is 10.2 Å². The van der Waals surface area contributed by atoms with Crippen LogP contribution in [0.1, 0.15) is 0 Å². The summed E-state index contributed by atoms with van der Waals surface area (Å²) in [5, 5.41) is 3.73. The van der Waals surface area contributed by atoms with E-state index < -0.39 is 0 Å². The highest BCUT2D eigenvalue weighted by atomic mass is 35.5.